The van der Waals surface area contributed by atoms with Crippen LogP contribution in [0.15, 0.2) is 61.2 Å². The van der Waals surface area contributed by atoms with Gasteiger partial charge in [-0.05, 0) is 25.5 Å². The van der Waals surface area contributed by atoms with Crippen molar-refractivity contribution in [3.05, 3.63) is 72.3 Å². The first kappa shape index (κ1) is 24.6. The van der Waals surface area contributed by atoms with Crippen molar-refractivity contribution >= 4 is 34.6 Å². The van der Waals surface area contributed by atoms with Gasteiger partial charge >= 0.3 is 11.9 Å². The molecule has 0 bridgehead atoms. The fourth-order valence-electron chi connectivity index (χ4n) is 3.88. The van der Waals surface area contributed by atoms with Crippen molar-refractivity contribution in [1.82, 2.24) is 19.5 Å². The molecule has 0 atom stereocenters. The van der Waals surface area contributed by atoms with E-state index in [9.17, 15) is 9.59 Å². The van der Waals surface area contributed by atoms with E-state index in [0.717, 1.165) is 5.56 Å². The smallest absolute Gasteiger partial charge is 0.324 e. The molecule has 0 aliphatic rings. The summed E-state index contributed by atoms with van der Waals surface area (Å²) >= 11 is 0. The van der Waals surface area contributed by atoms with Crippen LogP contribution in [0.4, 0.5) is 11.5 Å². The molecule has 0 aliphatic carbocycles. The Kier molecular flexibility index (Phi) is 7.74. The summed E-state index contributed by atoms with van der Waals surface area (Å²) in [6.45, 7) is 4.17. The van der Waals surface area contributed by atoms with Crippen LogP contribution in [0.25, 0.3) is 11.2 Å². The Hall–Kier alpha value is -4.47. The second-order valence-electron chi connectivity index (χ2n) is 7.74. The van der Waals surface area contributed by atoms with Crippen LogP contribution >= 0.6 is 0 Å². The summed E-state index contributed by atoms with van der Waals surface area (Å²) in [6.07, 6.45) is 3.12. The van der Waals surface area contributed by atoms with E-state index < -0.39 is 17.9 Å². The van der Waals surface area contributed by atoms with Crippen LogP contribution in [-0.2, 0) is 25.6 Å². The highest BCUT2D eigenvalue weighted by Crippen LogP contribution is 2.37. The van der Waals surface area contributed by atoms with Crippen LogP contribution in [0.1, 0.15) is 30.9 Å². The van der Waals surface area contributed by atoms with Gasteiger partial charge in [-0.15, -0.1) is 0 Å². The van der Waals surface area contributed by atoms with E-state index >= 15 is 0 Å². The maximum atomic E-state index is 12.8. The Labute approximate surface area is 208 Å². The van der Waals surface area contributed by atoms with E-state index in [1.165, 1.54) is 13.4 Å². The maximum absolute atomic E-state index is 12.8. The second-order valence-corrected chi connectivity index (χ2v) is 7.74. The van der Waals surface area contributed by atoms with Gasteiger partial charge in [-0.3, -0.25) is 9.59 Å². The number of fused-ring (bicyclic) bond motifs is 1. The highest BCUT2D eigenvalue weighted by atomic mass is 16.6. The van der Waals surface area contributed by atoms with Crippen molar-refractivity contribution in [2.75, 3.05) is 25.6 Å². The third kappa shape index (κ3) is 5.12. The van der Waals surface area contributed by atoms with Crippen LogP contribution in [0.3, 0.4) is 0 Å². The van der Waals surface area contributed by atoms with E-state index in [1.54, 1.807) is 38.4 Å². The van der Waals surface area contributed by atoms with E-state index in [0.29, 0.717) is 40.5 Å². The van der Waals surface area contributed by atoms with Crippen LogP contribution in [-0.4, -0.2) is 51.8 Å². The van der Waals surface area contributed by atoms with Crippen LogP contribution < -0.4 is 10.1 Å². The Morgan fingerprint density at radius 2 is 1.67 bits per heavy atom. The van der Waals surface area contributed by atoms with Crippen LogP contribution in [0.2, 0.25) is 0 Å². The molecule has 0 fully saturated rings. The van der Waals surface area contributed by atoms with E-state index in [4.69, 9.17) is 14.2 Å². The number of aromatic nitrogens is 4. The number of imidazole rings is 1. The number of methoxy groups -OCH3 is 1. The quantitative estimate of drug-likeness (QED) is 0.262. The first-order valence-electron chi connectivity index (χ1n) is 11.5. The molecule has 2 heterocycles. The molecule has 0 amide bonds. The first-order valence-corrected chi connectivity index (χ1v) is 11.5. The van der Waals surface area contributed by atoms with E-state index in [2.05, 4.69) is 20.3 Å². The molecule has 0 unspecified atom stereocenters. The zero-order valence-electron chi connectivity index (χ0n) is 20.3. The average molecular weight is 490 g/mol. The number of anilines is 2. The largest absolute Gasteiger partial charge is 0.495 e. The van der Waals surface area contributed by atoms with Gasteiger partial charge in [0.1, 0.15) is 12.1 Å². The lowest BCUT2D eigenvalue weighted by molar-refractivity contribution is -0.156. The lowest BCUT2D eigenvalue weighted by Gasteiger charge is -2.20. The van der Waals surface area contributed by atoms with Gasteiger partial charge in [0, 0.05) is 5.56 Å². The maximum Gasteiger partial charge on any atom is 0.324 e. The predicted octanol–water partition coefficient (Wildman–Crippen LogP) is 3.84. The van der Waals surface area contributed by atoms with Crippen molar-refractivity contribution < 1.29 is 23.8 Å². The van der Waals surface area contributed by atoms with Gasteiger partial charge in [0.25, 0.3) is 0 Å². The molecule has 0 radical (unpaired) electrons. The number of nitrogens with one attached hydrogen (secondary N) is 1. The molecular formula is C26H27N5O5. The summed E-state index contributed by atoms with van der Waals surface area (Å²) in [4.78, 5) is 39.0. The molecule has 0 aliphatic heterocycles. The van der Waals surface area contributed by atoms with Crippen LogP contribution in [0, 0.1) is 0 Å². The molecule has 0 spiro atoms. The number of ether oxygens (including phenoxy) is 3. The summed E-state index contributed by atoms with van der Waals surface area (Å²) in [5.74, 6) is -1.94. The fourth-order valence-corrected chi connectivity index (χ4v) is 3.88. The van der Waals surface area contributed by atoms with Gasteiger partial charge in [-0.1, -0.05) is 42.5 Å². The molecule has 36 heavy (non-hydrogen) atoms. The highest BCUT2D eigenvalue weighted by molar-refractivity contribution is 6.03. The topological polar surface area (TPSA) is 117 Å². The molecule has 186 valence electrons. The third-order valence-corrected chi connectivity index (χ3v) is 5.47. The summed E-state index contributed by atoms with van der Waals surface area (Å²) < 4.78 is 17.8. The average Bonchev–Trinajstić information content (AvgIpc) is 3.29. The van der Waals surface area contributed by atoms with Gasteiger partial charge in [0.05, 0.1) is 38.9 Å². The predicted molar refractivity (Wildman–Crippen MR) is 133 cm³/mol. The monoisotopic (exact) mass is 489 g/mol. The summed E-state index contributed by atoms with van der Waals surface area (Å²) in [6, 6.07) is 15.0. The zero-order valence-corrected chi connectivity index (χ0v) is 20.3. The molecule has 0 saturated heterocycles. The normalized spacial score (nSPS) is 10.9. The number of nitrogens with zero attached hydrogens (tertiary/aromatic N) is 4. The van der Waals surface area contributed by atoms with Gasteiger partial charge in [0.15, 0.2) is 22.9 Å². The Balaban J connectivity index is 1.76. The van der Waals surface area contributed by atoms with Gasteiger partial charge in [0.2, 0.25) is 0 Å². The van der Waals surface area contributed by atoms with Crippen molar-refractivity contribution in [1.29, 1.82) is 0 Å². The Morgan fingerprint density at radius 3 is 2.33 bits per heavy atom. The van der Waals surface area contributed by atoms with Crippen LogP contribution in [0.5, 0.6) is 5.75 Å². The van der Waals surface area contributed by atoms with Gasteiger partial charge < -0.3 is 24.1 Å². The third-order valence-electron chi connectivity index (χ3n) is 5.47. The minimum absolute atomic E-state index is 0.118. The van der Waals surface area contributed by atoms with Gasteiger partial charge in [-0.2, -0.15) is 0 Å². The number of rotatable bonds is 10. The number of carbonyl (C=O) groups is 2. The van der Waals surface area contributed by atoms with E-state index in [-0.39, 0.29) is 13.2 Å². The lowest BCUT2D eigenvalue weighted by atomic mass is 9.96. The number of benzene rings is 2. The van der Waals surface area contributed by atoms with Gasteiger partial charge in [-0.25, -0.2) is 15.0 Å². The summed E-state index contributed by atoms with van der Waals surface area (Å²) in [5, 5.41) is 3.22. The number of para-hydroxylation sites is 1. The second kappa shape index (κ2) is 11.3. The summed E-state index contributed by atoms with van der Waals surface area (Å²) in [5.41, 5.74) is 2.96. The fraction of sp³-hybridized carbons (Fsp3) is 0.269. The Morgan fingerprint density at radius 1 is 0.944 bits per heavy atom. The first-order chi connectivity index (χ1) is 17.6. The number of hydrogen-bond acceptors (Lipinski definition) is 9. The van der Waals surface area contributed by atoms with Crippen molar-refractivity contribution in [3.8, 4) is 5.75 Å². The van der Waals surface area contributed by atoms with Crippen molar-refractivity contribution in [3.63, 3.8) is 0 Å². The molecule has 2 aromatic heterocycles. The number of carbonyl (C=O) groups excluding carboxylic acids is 2. The van der Waals surface area contributed by atoms with Crippen molar-refractivity contribution in [2.24, 2.45) is 0 Å². The lowest BCUT2D eigenvalue weighted by Crippen LogP contribution is -2.27. The Bertz CT molecular complexity index is 1340. The molecule has 2 aromatic carbocycles. The van der Waals surface area contributed by atoms with E-state index in [1.807, 2.05) is 34.9 Å². The zero-order chi connectivity index (χ0) is 25.5. The minimum atomic E-state index is -1.31. The standard InChI is InChI=1S/C26H27N5O5/c1-4-35-25(32)20(26(33)36-5-2)18-12-9-13-19(34-3)21(18)30-23-22-24(28-15-27-23)31(16-29-22)14-17-10-7-6-8-11-17/h6-13,15-16,20H,4-5,14H2,1-3H3,(H,27,28,30). The molecule has 10 heteroatoms. The molecule has 4 aromatic rings. The molecule has 0 saturated carbocycles. The SMILES string of the molecule is CCOC(=O)C(C(=O)OCC)c1cccc(OC)c1Nc1ncnc2c1ncn2Cc1ccccc1. The molecule has 1 N–H and O–H groups in total. The molecule has 4 rings (SSSR count). The summed E-state index contributed by atoms with van der Waals surface area (Å²) in [7, 11) is 1.50. The highest BCUT2D eigenvalue weighted by Gasteiger charge is 2.34. The number of esters is 2. The molecular weight excluding hydrogens is 462 g/mol. The molecule has 10 nitrogen and oxygen atoms in total. The van der Waals surface area contributed by atoms with Crippen molar-refractivity contribution in [2.45, 2.75) is 26.3 Å². The minimum Gasteiger partial charge on any atom is -0.495 e. The number of hydrogen-bond donors (Lipinski definition) is 1.